The molecule has 1 spiro atoms. The number of amidine groups is 1. The number of amides is 1. The maximum absolute atomic E-state index is 13.3. The van der Waals surface area contributed by atoms with Crippen molar-refractivity contribution in [2.24, 2.45) is 4.99 Å². The van der Waals surface area contributed by atoms with E-state index < -0.39 is 5.54 Å². The van der Waals surface area contributed by atoms with Gasteiger partial charge in [-0.2, -0.15) is 0 Å². The maximum Gasteiger partial charge on any atom is 0.255 e. The monoisotopic (exact) mass is 442 g/mol. The minimum Gasteiger partial charge on any atom is -0.481 e. The molecular weight excluding hydrogens is 416 g/mol. The molecule has 0 saturated carbocycles. The molecule has 168 valence electrons. The van der Waals surface area contributed by atoms with Gasteiger partial charge in [0.2, 0.25) is 5.88 Å². The van der Waals surface area contributed by atoms with Gasteiger partial charge in [-0.15, -0.1) is 0 Å². The van der Waals surface area contributed by atoms with E-state index in [1.54, 1.807) is 31.6 Å². The van der Waals surface area contributed by atoms with Crippen molar-refractivity contribution in [1.82, 2.24) is 14.9 Å². The Bertz CT molecular complexity index is 1170. The summed E-state index contributed by atoms with van der Waals surface area (Å²) in [5.74, 6) is 1.99. The van der Waals surface area contributed by atoms with Crippen LogP contribution in [-0.4, -0.2) is 52.3 Å². The standard InChI is InChI=1S/C25H26N6O2/c1-33-21-11-10-19(16-27-21)23(32)31-14-6-12-25(17-31)24(28-15-18-7-3-2-4-8-18)29-22-20(30-25)9-5-13-26-22/h2-5,7-11,13,16,30H,6,12,14-15,17H2,1H3,(H,26,28,29)/t25-/m1/s1. The molecule has 1 fully saturated rings. The smallest absolute Gasteiger partial charge is 0.255 e. The highest BCUT2D eigenvalue weighted by molar-refractivity contribution is 6.09. The van der Waals surface area contributed by atoms with Gasteiger partial charge in [0.1, 0.15) is 11.4 Å². The van der Waals surface area contributed by atoms with Gasteiger partial charge in [-0.3, -0.25) is 9.79 Å². The Morgan fingerprint density at radius 3 is 2.82 bits per heavy atom. The van der Waals surface area contributed by atoms with Crippen molar-refractivity contribution in [2.75, 3.05) is 30.8 Å². The molecule has 8 heteroatoms. The van der Waals surface area contributed by atoms with Crippen molar-refractivity contribution in [3.63, 3.8) is 0 Å². The van der Waals surface area contributed by atoms with E-state index in [-0.39, 0.29) is 5.91 Å². The van der Waals surface area contributed by atoms with Crippen LogP contribution in [0.25, 0.3) is 0 Å². The second kappa shape index (κ2) is 8.90. The van der Waals surface area contributed by atoms with Gasteiger partial charge >= 0.3 is 0 Å². The van der Waals surface area contributed by atoms with Crippen molar-refractivity contribution >= 4 is 23.2 Å². The normalized spacial score (nSPS) is 20.6. The topological polar surface area (TPSA) is 91.7 Å². The molecule has 33 heavy (non-hydrogen) atoms. The number of benzene rings is 1. The zero-order valence-corrected chi connectivity index (χ0v) is 18.5. The lowest BCUT2D eigenvalue weighted by atomic mass is 9.85. The molecule has 1 saturated heterocycles. The number of rotatable bonds is 4. The van der Waals surface area contributed by atoms with Gasteiger partial charge in [0.15, 0.2) is 5.82 Å². The third kappa shape index (κ3) is 4.24. The van der Waals surface area contributed by atoms with Gasteiger partial charge in [0, 0.05) is 25.0 Å². The number of nitrogens with zero attached hydrogens (tertiary/aromatic N) is 4. The van der Waals surface area contributed by atoms with E-state index in [2.05, 4.69) is 32.7 Å². The molecule has 1 atom stereocenters. The summed E-state index contributed by atoms with van der Waals surface area (Å²) in [7, 11) is 1.56. The van der Waals surface area contributed by atoms with E-state index in [1.165, 1.54) is 0 Å². The van der Waals surface area contributed by atoms with E-state index in [9.17, 15) is 4.79 Å². The number of methoxy groups -OCH3 is 1. The van der Waals surface area contributed by atoms with Crippen LogP contribution in [0.5, 0.6) is 5.88 Å². The van der Waals surface area contributed by atoms with Gasteiger partial charge in [0.25, 0.3) is 5.91 Å². The molecule has 4 heterocycles. The predicted octanol–water partition coefficient (Wildman–Crippen LogP) is 3.60. The second-order valence-corrected chi connectivity index (χ2v) is 8.30. The number of anilines is 2. The summed E-state index contributed by atoms with van der Waals surface area (Å²) in [4.78, 5) is 28.8. The van der Waals surface area contributed by atoms with Crippen LogP contribution in [0, 0.1) is 0 Å². The number of hydrogen-bond donors (Lipinski definition) is 2. The van der Waals surface area contributed by atoms with Gasteiger partial charge < -0.3 is 20.3 Å². The fraction of sp³-hybridized carbons (Fsp3) is 0.280. The molecule has 8 nitrogen and oxygen atoms in total. The highest BCUT2D eigenvalue weighted by atomic mass is 16.5. The third-order valence-corrected chi connectivity index (χ3v) is 6.11. The average molecular weight is 443 g/mol. The van der Waals surface area contributed by atoms with Crippen LogP contribution in [0.3, 0.4) is 0 Å². The number of carbonyl (C=O) groups is 1. The number of aliphatic imine (C=N–C) groups is 1. The van der Waals surface area contributed by atoms with Crippen molar-refractivity contribution in [3.05, 3.63) is 78.1 Å². The summed E-state index contributed by atoms with van der Waals surface area (Å²) >= 11 is 0. The number of likely N-dealkylation sites (tertiary alicyclic amines) is 1. The molecule has 0 aliphatic carbocycles. The van der Waals surface area contributed by atoms with Crippen molar-refractivity contribution in [1.29, 1.82) is 0 Å². The lowest BCUT2D eigenvalue weighted by molar-refractivity contribution is 0.0694. The van der Waals surface area contributed by atoms with Gasteiger partial charge in [-0.05, 0) is 36.6 Å². The number of hydrogen-bond acceptors (Lipinski definition) is 6. The van der Waals surface area contributed by atoms with Crippen LogP contribution in [0.1, 0.15) is 28.8 Å². The Balaban J connectivity index is 1.45. The van der Waals surface area contributed by atoms with Crippen LogP contribution in [0.4, 0.5) is 11.5 Å². The SMILES string of the molecule is COc1ccc(C(=O)N2CCC[C@]3(C2)Nc2cccnc2NC3=NCc2ccccc2)cn1. The first-order valence-electron chi connectivity index (χ1n) is 11.1. The number of aromatic nitrogens is 2. The first-order chi connectivity index (χ1) is 16.2. The summed E-state index contributed by atoms with van der Waals surface area (Å²) in [5, 5.41) is 7.12. The number of carbonyl (C=O) groups excluding carboxylic acids is 1. The van der Waals surface area contributed by atoms with Gasteiger partial charge in [-0.25, -0.2) is 9.97 Å². The summed E-state index contributed by atoms with van der Waals surface area (Å²) in [6.45, 7) is 1.72. The molecule has 2 aliphatic heterocycles. The largest absolute Gasteiger partial charge is 0.481 e. The first kappa shape index (κ1) is 20.9. The van der Waals surface area contributed by atoms with Crippen molar-refractivity contribution in [3.8, 4) is 5.88 Å². The van der Waals surface area contributed by atoms with E-state index in [0.717, 1.165) is 35.7 Å². The van der Waals surface area contributed by atoms with E-state index in [4.69, 9.17) is 9.73 Å². The van der Waals surface area contributed by atoms with Crippen molar-refractivity contribution in [2.45, 2.75) is 24.9 Å². The molecule has 2 aliphatic rings. The van der Waals surface area contributed by atoms with Crippen molar-refractivity contribution < 1.29 is 9.53 Å². The highest BCUT2D eigenvalue weighted by Gasteiger charge is 2.45. The molecule has 5 rings (SSSR count). The highest BCUT2D eigenvalue weighted by Crippen LogP contribution is 2.35. The molecule has 0 radical (unpaired) electrons. The zero-order valence-electron chi connectivity index (χ0n) is 18.5. The molecule has 1 aromatic carbocycles. The van der Waals surface area contributed by atoms with Gasteiger partial charge in [-0.1, -0.05) is 30.3 Å². The van der Waals surface area contributed by atoms with E-state index >= 15 is 0 Å². The summed E-state index contributed by atoms with van der Waals surface area (Å²) < 4.78 is 5.12. The van der Waals surface area contributed by atoms with Crippen LogP contribution >= 0.6 is 0 Å². The molecule has 3 aromatic rings. The Labute approximate surface area is 192 Å². The molecule has 0 bridgehead atoms. The fourth-order valence-corrected chi connectivity index (χ4v) is 4.43. The quantitative estimate of drug-likeness (QED) is 0.642. The van der Waals surface area contributed by atoms with E-state index in [0.29, 0.717) is 31.1 Å². The Morgan fingerprint density at radius 1 is 1.15 bits per heavy atom. The Hall–Kier alpha value is -3.94. The minimum absolute atomic E-state index is 0.0505. The van der Waals surface area contributed by atoms with Crippen LogP contribution in [0.15, 0.2) is 72.0 Å². The van der Waals surface area contributed by atoms with Gasteiger partial charge in [0.05, 0.1) is 31.5 Å². The maximum atomic E-state index is 13.3. The number of fused-ring (bicyclic) bond motifs is 1. The summed E-state index contributed by atoms with van der Waals surface area (Å²) in [6, 6.07) is 17.5. The Morgan fingerprint density at radius 2 is 2.03 bits per heavy atom. The summed E-state index contributed by atoms with van der Waals surface area (Å²) in [6.07, 6.45) is 5.03. The molecule has 2 aromatic heterocycles. The fourth-order valence-electron chi connectivity index (χ4n) is 4.43. The molecular formula is C25H26N6O2. The minimum atomic E-state index is -0.515. The summed E-state index contributed by atoms with van der Waals surface area (Å²) in [5.41, 5.74) is 2.07. The Kier molecular flexibility index (Phi) is 5.64. The number of piperidine rings is 1. The van der Waals surface area contributed by atoms with Crippen LogP contribution in [-0.2, 0) is 6.54 Å². The number of nitrogens with one attached hydrogen (secondary N) is 2. The van der Waals surface area contributed by atoms with Crippen LogP contribution in [0.2, 0.25) is 0 Å². The third-order valence-electron chi connectivity index (χ3n) is 6.11. The predicted molar refractivity (Wildman–Crippen MR) is 128 cm³/mol. The van der Waals surface area contributed by atoms with Crippen LogP contribution < -0.4 is 15.4 Å². The van der Waals surface area contributed by atoms with E-state index in [1.807, 2.05) is 35.2 Å². The molecule has 1 amide bonds. The number of pyridine rings is 2. The molecule has 0 unspecified atom stereocenters. The zero-order chi connectivity index (χ0) is 22.7. The molecule has 2 N–H and O–H groups in total. The second-order valence-electron chi connectivity index (χ2n) is 8.30. The number of ether oxygens (including phenoxy) is 1. The average Bonchev–Trinajstić information content (AvgIpc) is 2.88. The first-order valence-corrected chi connectivity index (χ1v) is 11.1. The lowest BCUT2D eigenvalue weighted by Crippen LogP contribution is -2.62. The lowest BCUT2D eigenvalue weighted by Gasteiger charge is -2.47.